The van der Waals surface area contributed by atoms with Gasteiger partial charge in [0.15, 0.2) is 0 Å². The number of aliphatic hydroxyl groups excluding tert-OH is 1. The lowest BCUT2D eigenvalue weighted by Crippen LogP contribution is -2.27. The molecule has 0 spiro atoms. The Hall–Kier alpha value is -4.24. The maximum Gasteiger partial charge on any atom is 0.269 e. The van der Waals surface area contributed by atoms with E-state index in [1.54, 1.807) is 7.05 Å². The van der Waals surface area contributed by atoms with Crippen LogP contribution in [0.25, 0.3) is 0 Å². The maximum atomic E-state index is 10.0. The highest BCUT2D eigenvalue weighted by molar-refractivity contribution is 5.57. The molecule has 0 fully saturated rings. The number of aromatic hydroxyl groups is 1. The third-order valence-electron chi connectivity index (χ3n) is 3.99. The van der Waals surface area contributed by atoms with Crippen LogP contribution in [0.3, 0.4) is 0 Å². The van der Waals surface area contributed by atoms with Crippen LogP contribution >= 0.6 is 0 Å². The lowest BCUT2D eigenvalue weighted by molar-refractivity contribution is -0.384. The number of non-ortho nitro benzene ring substituents is 1. The fraction of sp³-hybridized carbons (Fsp3) is 0.407. The number of anilines is 1. The molecule has 2 aromatic carbocycles. The number of benzene rings is 2. The molecular formula is C27H48N6O8. The number of phenolic OH excluding ortho intramolecular Hbond substituents is 1. The number of nitrogens with zero attached hydrogens (tertiary/aromatic N) is 1. The smallest absolute Gasteiger partial charge is 0.269 e. The summed E-state index contributed by atoms with van der Waals surface area (Å²) in [6.07, 6.45) is 2.94. The van der Waals surface area contributed by atoms with Crippen molar-refractivity contribution >= 4 is 37.1 Å². The number of aldehydes is 2. The van der Waals surface area contributed by atoms with E-state index >= 15 is 0 Å². The molecule has 0 aliphatic rings. The predicted molar refractivity (Wildman–Crippen MR) is 162 cm³/mol. The second kappa shape index (κ2) is 37.9. The molecule has 0 aromatic heterocycles. The molecule has 2 rings (SSSR count). The van der Waals surface area contributed by atoms with Crippen molar-refractivity contribution in [3.63, 3.8) is 0 Å². The molecule has 14 heteroatoms. The second-order valence-electron chi connectivity index (χ2n) is 7.49. The van der Waals surface area contributed by atoms with E-state index in [0.29, 0.717) is 6.54 Å². The molecule has 0 saturated heterocycles. The molecule has 41 heavy (non-hydrogen) atoms. The molecule has 0 heterocycles. The molecular weight excluding hydrogens is 536 g/mol. The van der Waals surface area contributed by atoms with E-state index in [1.807, 2.05) is 51.9 Å². The Morgan fingerprint density at radius 2 is 1.46 bits per heavy atom. The number of amides is 1. The van der Waals surface area contributed by atoms with Gasteiger partial charge in [-0.15, -0.1) is 0 Å². The Labute approximate surface area is 242 Å². The van der Waals surface area contributed by atoms with Gasteiger partial charge in [-0.2, -0.15) is 0 Å². The van der Waals surface area contributed by atoms with Crippen LogP contribution < -0.4 is 27.8 Å². The highest BCUT2D eigenvalue weighted by Gasteiger charge is 2.02. The minimum atomic E-state index is -0.514. The van der Waals surface area contributed by atoms with E-state index in [1.165, 1.54) is 24.3 Å². The normalized spacial score (nSPS) is 9.00. The molecule has 0 bridgehead atoms. The monoisotopic (exact) mass is 584 g/mol. The standard InChI is InChI=1S/C8H11NO.C6H5NO3.C5H11NO.C3H7NO.C3H9N.CH3NO.CH2O/c1-9-8-4-2-7(6-10)3-5-8;8-6-3-1-5(2-4-6)7(9)10;1-4(2)5(6)3-7;1-4-2-3-5;1-2-3-4;2-1-3;1-2/h2-5,9-10H,6H2,1H3;1-4,8H;3-5H,6H2,1-2H3;3-4H,2H2,1H3;2-4H2,1H3;1H,(H2,2,3);1H2. The zero-order valence-corrected chi connectivity index (χ0v) is 24.6. The minimum Gasteiger partial charge on any atom is -0.508 e. The van der Waals surface area contributed by atoms with Gasteiger partial charge >= 0.3 is 0 Å². The van der Waals surface area contributed by atoms with Gasteiger partial charge in [-0.05, 0) is 55.8 Å². The summed E-state index contributed by atoms with van der Waals surface area (Å²) in [6.45, 7) is 9.28. The van der Waals surface area contributed by atoms with Crippen molar-refractivity contribution in [1.82, 2.24) is 5.32 Å². The first-order valence-electron chi connectivity index (χ1n) is 12.2. The van der Waals surface area contributed by atoms with Gasteiger partial charge in [-0.25, -0.2) is 0 Å². The molecule has 2 aromatic rings. The first kappa shape index (κ1) is 46.6. The first-order chi connectivity index (χ1) is 19.5. The van der Waals surface area contributed by atoms with Gasteiger partial charge in [0, 0.05) is 24.9 Å². The summed E-state index contributed by atoms with van der Waals surface area (Å²) in [4.78, 5) is 45.3. The summed E-state index contributed by atoms with van der Waals surface area (Å²) in [6, 6.07) is 12.4. The average Bonchev–Trinajstić information content (AvgIpc) is 3.00. The molecule has 234 valence electrons. The summed E-state index contributed by atoms with van der Waals surface area (Å²) in [5.41, 5.74) is 16.4. The number of phenols is 1. The number of nitro groups is 1. The van der Waals surface area contributed by atoms with Gasteiger partial charge in [0.25, 0.3) is 5.69 Å². The predicted octanol–water partition coefficient (Wildman–Crippen LogP) is 1.37. The van der Waals surface area contributed by atoms with Crippen molar-refractivity contribution in [3.8, 4) is 5.75 Å². The van der Waals surface area contributed by atoms with Crippen molar-refractivity contribution in [1.29, 1.82) is 0 Å². The van der Waals surface area contributed by atoms with Crippen molar-refractivity contribution in [2.24, 2.45) is 23.1 Å². The Bertz CT molecular complexity index is 829. The van der Waals surface area contributed by atoms with Crippen molar-refractivity contribution in [3.05, 3.63) is 64.2 Å². The summed E-state index contributed by atoms with van der Waals surface area (Å²) in [7, 11) is 3.60. The van der Waals surface area contributed by atoms with E-state index in [0.717, 1.165) is 36.8 Å². The molecule has 10 N–H and O–H groups in total. The van der Waals surface area contributed by atoms with Crippen molar-refractivity contribution in [2.75, 3.05) is 32.5 Å². The molecule has 0 aliphatic carbocycles. The number of hydrogen-bond donors (Lipinski definition) is 7. The van der Waals surface area contributed by atoms with Crippen LogP contribution in [0.1, 0.15) is 32.8 Å². The number of nitro benzene ring substituents is 1. The summed E-state index contributed by atoms with van der Waals surface area (Å²) < 4.78 is 0. The number of likely N-dealkylation sites (N-methyl/N-ethyl adjacent to an activating group) is 1. The largest absolute Gasteiger partial charge is 0.508 e. The minimum absolute atomic E-state index is 0.0159. The van der Waals surface area contributed by atoms with Crippen LogP contribution in [0.5, 0.6) is 5.75 Å². The quantitative estimate of drug-likeness (QED) is 0.132. The van der Waals surface area contributed by atoms with Gasteiger partial charge in [0.1, 0.15) is 25.1 Å². The molecule has 1 atom stereocenters. The lowest BCUT2D eigenvalue weighted by Gasteiger charge is -2.04. The number of nitrogens with one attached hydrogen (secondary N) is 2. The van der Waals surface area contributed by atoms with Gasteiger partial charge < -0.3 is 52.4 Å². The molecule has 0 saturated carbocycles. The fourth-order valence-electron chi connectivity index (χ4n) is 1.59. The number of aliphatic hydroxyl groups is 1. The van der Waals surface area contributed by atoms with E-state index in [4.69, 9.17) is 31.3 Å². The summed E-state index contributed by atoms with van der Waals surface area (Å²) in [5, 5.41) is 33.1. The summed E-state index contributed by atoms with van der Waals surface area (Å²) in [5.74, 6) is 0.308. The Morgan fingerprint density at radius 1 is 1.02 bits per heavy atom. The van der Waals surface area contributed by atoms with Gasteiger partial charge in [0.2, 0.25) is 6.41 Å². The van der Waals surface area contributed by atoms with Gasteiger partial charge in [-0.1, -0.05) is 32.9 Å². The topological polar surface area (TPSA) is 254 Å². The van der Waals surface area contributed by atoms with E-state index in [2.05, 4.69) is 23.3 Å². The van der Waals surface area contributed by atoms with Crippen LogP contribution in [-0.2, 0) is 25.8 Å². The van der Waals surface area contributed by atoms with Crippen LogP contribution in [0.4, 0.5) is 11.4 Å². The van der Waals surface area contributed by atoms with Crippen LogP contribution in [0, 0.1) is 16.0 Å². The van der Waals surface area contributed by atoms with Gasteiger partial charge in [-0.3, -0.25) is 14.9 Å². The van der Waals surface area contributed by atoms with Crippen molar-refractivity contribution in [2.45, 2.75) is 39.8 Å². The zero-order valence-electron chi connectivity index (χ0n) is 24.6. The first-order valence-corrected chi connectivity index (χ1v) is 12.2. The number of carbonyl (C=O) groups excluding carboxylic acids is 4. The number of primary amides is 1. The van der Waals surface area contributed by atoms with Crippen LogP contribution in [-0.4, -0.2) is 74.1 Å². The van der Waals surface area contributed by atoms with Crippen LogP contribution in [0.2, 0.25) is 0 Å². The molecule has 0 aliphatic heterocycles. The number of carbonyl (C=O) groups is 4. The third kappa shape index (κ3) is 38.0. The SMILES string of the molecule is C=O.CC(C)C(N)C=O.CCCN.CNCC=O.CNc1ccc(CO)cc1.NC=O.O=[N+]([O-])c1ccc(O)cc1. The van der Waals surface area contributed by atoms with Gasteiger partial charge in [0.05, 0.1) is 24.1 Å². The molecule has 14 nitrogen and oxygen atoms in total. The Kier molecular flexibility index (Phi) is 43.1. The Balaban J connectivity index is -0.000000131. The van der Waals surface area contributed by atoms with E-state index in [9.17, 15) is 19.7 Å². The zero-order chi connectivity index (χ0) is 33.1. The number of nitrogens with two attached hydrogens (primary N) is 3. The highest BCUT2D eigenvalue weighted by atomic mass is 16.6. The molecule has 1 amide bonds. The molecule has 1 unspecified atom stereocenters. The average molecular weight is 585 g/mol. The lowest BCUT2D eigenvalue weighted by atomic mass is 10.1. The van der Waals surface area contributed by atoms with E-state index < -0.39 is 4.92 Å². The summed E-state index contributed by atoms with van der Waals surface area (Å²) >= 11 is 0. The third-order valence-corrected chi connectivity index (χ3v) is 3.99. The van der Waals surface area contributed by atoms with E-state index in [-0.39, 0.29) is 36.4 Å². The van der Waals surface area contributed by atoms with Crippen molar-refractivity contribution < 1.29 is 34.3 Å². The number of hydrogen-bond acceptors (Lipinski definition) is 12. The number of rotatable bonds is 8. The molecule has 0 radical (unpaired) electrons. The Morgan fingerprint density at radius 3 is 1.66 bits per heavy atom. The fourth-order valence-corrected chi connectivity index (χ4v) is 1.59. The highest BCUT2D eigenvalue weighted by Crippen LogP contribution is 2.15. The maximum absolute atomic E-state index is 10.0. The van der Waals surface area contributed by atoms with Crippen LogP contribution in [0.15, 0.2) is 48.5 Å². The second-order valence-corrected chi connectivity index (χ2v) is 7.49.